The highest BCUT2D eigenvalue weighted by Crippen LogP contribution is 2.21. The van der Waals surface area contributed by atoms with E-state index in [-0.39, 0.29) is 16.8 Å². The van der Waals surface area contributed by atoms with Crippen LogP contribution in [-0.4, -0.2) is 22.0 Å². The number of amides is 1. The largest absolute Gasteiger partial charge is 0.478 e. The van der Waals surface area contributed by atoms with Crippen LogP contribution in [0.15, 0.2) is 24.4 Å². The van der Waals surface area contributed by atoms with Crippen molar-refractivity contribution in [1.82, 2.24) is 4.98 Å². The molecule has 0 saturated heterocycles. The molecule has 2 aromatic rings. The molecule has 3 N–H and O–H groups in total. The molecule has 5 nitrogen and oxygen atoms in total. The van der Waals surface area contributed by atoms with Gasteiger partial charge in [0.2, 0.25) is 0 Å². The van der Waals surface area contributed by atoms with E-state index in [0.29, 0.717) is 9.26 Å². The van der Waals surface area contributed by atoms with E-state index in [1.165, 1.54) is 24.4 Å². The number of benzene rings is 1. The Labute approximate surface area is 127 Å². The number of carbonyl (C=O) groups is 2. The second-order valence-corrected chi connectivity index (χ2v) is 5.25. The lowest BCUT2D eigenvalue weighted by Crippen LogP contribution is -2.15. The number of anilines is 1. The van der Waals surface area contributed by atoms with Crippen LogP contribution in [0, 0.1) is 16.3 Å². The summed E-state index contributed by atoms with van der Waals surface area (Å²) in [6, 6.07) is 3.76. The van der Waals surface area contributed by atoms with Crippen LogP contribution in [0.25, 0.3) is 0 Å². The summed E-state index contributed by atoms with van der Waals surface area (Å²) in [5, 5.41) is 11.6. The quantitative estimate of drug-likeness (QED) is 0.708. The van der Waals surface area contributed by atoms with Crippen LogP contribution in [0.5, 0.6) is 0 Å². The Balaban J connectivity index is 2.31. The molecule has 0 bridgehead atoms. The highest BCUT2D eigenvalue weighted by molar-refractivity contribution is 14.1. The van der Waals surface area contributed by atoms with Crippen LogP contribution in [0.3, 0.4) is 0 Å². The molecule has 0 unspecified atom stereocenters. The summed E-state index contributed by atoms with van der Waals surface area (Å²) in [5.41, 5.74) is 0.916. The van der Waals surface area contributed by atoms with E-state index < -0.39 is 17.7 Å². The molecule has 1 aromatic carbocycles. The number of rotatable bonds is 3. The SMILES string of the molecule is Cc1[nH]cc(NC(=O)c2ccc(F)cc2I)c1C(=O)O. The van der Waals surface area contributed by atoms with E-state index in [1.807, 2.05) is 22.6 Å². The first-order valence-corrected chi connectivity index (χ1v) is 6.65. The molecule has 0 saturated carbocycles. The molecule has 0 spiro atoms. The van der Waals surface area contributed by atoms with Crippen molar-refractivity contribution in [3.8, 4) is 0 Å². The fourth-order valence-corrected chi connectivity index (χ4v) is 2.49. The molecule has 1 heterocycles. The van der Waals surface area contributed by atoms with E-state index in [1.54, 1.807) is 6.92 Å². The number of hydrogen-bond acceptors (Lipinski definition) is 2. The van der Waals surface area contributed by atoms with Gasteiger partial charge in [-0.1, -0.05) is 0 Å². The van der Waals surface area contributed by atoms with Gasteiger partial charge in [-0.25, -0.2) is 9.18 Å². The minimum absolute atomic E-state index is 0.00969. The standard InChI is InChI=1S/C13H10FIN2O3/c1-6-11(13(19)20)10(5-16-6)17-12(18)8-3-2-7(14)4-9(8)15/h2-5,16H,1H3,(H,17,18)(H,19,20). The number of aromatic carboxylic acids is 1. The van der Waals surface area contributed by atoms with E-state index >= 15 is 0 Å². The van der Waals surface area contributed by atoms with Gasteiger partial charge in [0.25, 0.3) is 5.91 Å². The lowest BCUT2D eigenvalue weighted by Gasteiger charge is -2.06. The maximum Gasteiger partial charge on any atom is 0.339 e. The number of hydrogen-bond donors (Lipinski definition) is 3. The van der Waals surface area contributed by atoms with Crippen LogP contribution in [0.4, 0.5) is 10.1 Å². The molecule has 20 heavy (non-hydrogen) atoms. The Morgan fingerprint density at radius 1 is 1.40 bits per heavy atom. The predicted octanol–water partition coefficient (Wildman–Crippen LogP) is 3.02. The number of nitrogens with one attached hydrogen (secondary N) is 2. The summed E-state index contributed by atoms with van der Waals surface area (Å²) in [6.07, 6.45) is 1.41. The highest BCUT2D eigenvalue weighted by Gasteiger charge is 2.18. The van der Waals surface area contributed by atoms with Gasteiger partial charge < -0.3 is 15.4 Å². The molecule has 0 atom stereocenters. The van der Waals surface area contributed by atoms with Gasteiger partial charge in [0, 0.05) is 15.5 Å². The van der Waals surface area contributed by atoms with E-state index in [0.717, 1.165) is 0 Å². The summed E-state index contributed by atoms with van der Waals surface area (Å²) < 4.78 is 13.4. The zero-order chi connectivity index (χ0) is 14.9. The smallest absolute Gasteiger partial charge is 0.339 e. The van der Waals surface area contributed by atoms with Crippen molar-refractivity contribution < 1.29 is 19.1 Å². The molecule has 7 heteroatoms. The third-order valence-corrected chi connectivity index (χ3v) is 3.61. The summed E-state index contributed by atoms with van der Waals surface area (Å²) >= 11 is 1.85. The average molecular weight is 388 g/mol. The third-order valence-electron chi connectivity index (χ3n) is 2.72. The lowest BCUT2D eigenvalue weighted by atomic mass is 10.2. The van der Waals surface area contributed by atoms with Crippen LogP contribution in [-0.2, 0) is 0 Å². The Kier molecular flexibility index (Phi) is 4.07. The number of carboxylic acids is 1. The molecule has 0 aliphatic heterocycles. The molecule has 0 radical (unpaired) electrons. The normalized spacial score (nSPS) is 10.3. The second-order valence-electron chi connectivity index (χ2n) is 4.09. The van der Waals surface area contributed by atoms with Crippen LogP contribution < -0.4 is 5.32 Å². The molecule has 2 rings (SSSR count). The second kappa shape index (κ2) is 5.61. The van der Waals surface area contributed by atoms with Crippen LogP contribution in [0.1, 0.15) is 26.4 Å². The fourth-order valence-electron chi connectivity index (χ4n) is 1.76. The summed E-state index contributed by atoms with van der Waals surface area (Å²) in [4.78, 5) is 25.9. The molecule has 0 aliphatic rings. The van der Waals surface area contributed by atoms with Crippen molar-refractivity contribution in [3.05, 3.63) is 50.6 Å². The molecular formula is C13H10FIN2O3. The van der Waals surface area contributed by atoms with Crippen molar-refractivity contribution in [2.45, 2.75) is 6.92 Å². The van der Waals surface area contributed by atoms with Crippen molar-refractivity contribution in [1.29, 1.82) is 0 Å². The average Bonchev–Trinajstić information content (AvgIpc) is 2.70. The molecule has 1 aromatic heterocycles. The van der Waals surface area contributed by atoms with E-state index in [4.69, 9.17) is 5.11 Å². The fraction of sp³-hybridized carbons (Fsp3) is 0.0769. The summed E-state index contributed by atoms with van der Waals surface area (Å²) in [7, 11) is 0. The molecule has 104 valence electrons. The summed E-state index contributed by atoms with van der Waals surface area (Å²) in [6.45, 7) is 1.60. The Hall–Kier alpha value is -1.90. The number of carboxylic acid groups (broad SMARTS) is 1. The zero-order valence-electron chi connectivity index (χ0n) is 10.3. The zero-order valence-corrected chi connectivity index (χ0v) is 12.5. The third kappa shape index (κ3) is 2.82. The van der Waals surface area contributed by atoms with Gasteiger partial charge in [-0.2, -0.15) is 0 Å². The Morgan fingerprint density at radius 2 is 2.10 bits per heavy atom. The van der Waals surface area contributed by atoms with Gasteiger partial charge >= 0.3 is 5.97 Å². The molecule has 1 amide bonds. The van der Waals surface area contributed by atoms with Crippen molar-refractivity contribution in [2.24, 2.45) is 0 Å². The number of H-pyrrole nitrogens is 1. The van der Waals surface area contributed by atoms with Gasteiger partial charge in [-0.05, 0) is 47.7 Å². The van der Waals surface area contributed by atoms with Gasteiger partial charge in [0.05, 0.1) is 11.3 Å². The van der Waals surface area contributed by atoms with E-state index in [2.05, 4.69) is 10.3 Å². The maximum absolute atomic E-state index is 13.0. The number of aromatic nitrogens is 1. The van der Waals surface area contributed by atoms with Crippen molar-refractivity contribution in [3.63, 3.8) is 0 Å². The first kappa shape index (κ1) is 14.5. The number of halogens is 2. The van der Waals surface area contributed by atoms with Gasteiger partial charge in [0.15, 0.2) is 0 Å². The van der Waals surface area contributed by atoms with Gasteiger partial charge in [-0.3, -0.25) is 4.79 Å². The van der Waals surface area contributed by atoms with Crippen molar-refractivity contribution >= 4 is 40.2 Å². The van der Waals surface area contributed by atoms with Gasteiger partial charge in [0.1, 0.15) is 11.4 Å². The minimum Gasteiger partial charge on any atom is -0.478 e. The first-order valence-electron chi connectivity index (χ1n) is 5.58. The monoisotopic (exact) mass is 388 g/mol. The van der Waals surface area contributed by atoms with Crippen molar-refractivity contribution in [2.75, 3.05) is 5.32 Å². The number of carbonyl (C=O) groups excluding carboxylic acids is 1. The molecule has 0 aliphatic carbocycles. The topological polar surface area (TPSA) is 82.2 Å². The van der Waals surface area contributed by atoms with Crippen LogP contribution in [0.2, 0.25) is 0 Å². The predicted molar refractivity (Wildman–Crippen MR) is 79.6 cm³/mol. The summed E-state index contributed by atoms with van der Waals surface area (Å²) in [5.74, 6) is -2.06. The molecular weight excluding hydrogens is 378 g/mol. The van der Waals surface area contributed by atoms with E-state index in [9.17, 15) is 14.0 Å². The number of aromatic amines is 1. The van der Waals surface area contributed by atoms with Gasteiger partial charge in [-0.15, -0.1) is 0 Å². The maximum atomic E-state index is 13.0. The molecule has 0 fully saturated rings. The Bertz CT molecular complexity index is 697. The minimum atomic E-state index is -1.13. The highest BCUT2D eigenvalue weighted by atomic mass is 127. The lowest BCUT2D eigenvalue weighted by molar-refractivity contribution is 0.0697. The van der Waals surface area contributed by atoms with Crippen LogP contribution >= 0.6 is 22.6 Å². The number of aryl methyl sites for hydroxylation is 1. The first-order chi connectivity index (χ1) is 9.40. The Morgan fingerprint density at radius 3 is 2.70 bits per heavy atom.